The van der Waals surface area contributed by atoms with Crippen LogP contribution in [0.15, 0.2) is 30.3 Å². The standard InChI is InChI=1S/C16H19N3O2/c1-3-4-9-14-17-11(2)10-15(19-14)18-13-8-6-5-7-12(13)16(20)21/h5-8,10H,3-4,9H2,1-2H3,(H,20,21)(H,17,18,19). The van der Waals surface area contributed by atoms with Crippen LogP contribution >= 0.6 is 0 Å². The van der Waals surface area contributed by atoms with Crippen LogP contribution in [0.5, 0.6) is 0 Å². The summed E-state index contributed by atoms with van der Waals surface area (Å²) in [4.78, 5) is 20.1. The van der Waals surface area contributed by atoms with Gasteiger partial charge in [0.15, 0.2) is 0 Å². The van der Waals surface area contributed by atoms with Crippen LogP contribution in [0.1, 0.15) is 41.6 Å². The number of hydrogen-bond donors (Lipinski definition) is 2. The summed E-state index contributed by atoms with van der Waals surface area (Å²) in [6.45, 7) is 4.03. The number of rotatable bonds is 6. The first-order chi connectivity index (χ1) is 10.1. The molecule has 1 heterocycles. The highest BCUT2D eigenvalue weighted by Gasteiger charge is 2.10. The highest BCUT2D eigenvalue weighted by molar-refractivity contribution is 5.94. The van der Waals surface area contributed by atoms with Crippen LogP contribution in [0.25, 0.3) is 0 Å². The van der Waals surface area contributed by atoms with E-state index in [0.29, 0.717) is 11.5 Å². The minimum Gasteiger partial charge on any atom is -0.478 e. The first-order valence-corrected chi connectivity index (χ1v) is 7.04. The number of aryl methyl sites for hydroxylation is 2. The lowest BCUT2D eigenvalue weighted by Crippen LogP contribution is -2.06. The molecule has 0 bridgehead atoms. The Bertz CT molecular complexity index is 641. The third kappa shape index (κ3) is 4.02. The van der Waals surface area contributed by atoms with E-state index >= 15 is 0 Å². The topological polar surface area (TPSA) is 75.1 Å². The highest BCUT2D eigenvalue weighted by atomic mass is 16.4. The number of para-hydroxylation sites is 1. The summed E-state index contributed by atoms with van der Waals surface area (Å²) in [7, 11) is 0. The molecule has 0 saturated heterocycles. The number of carboxylic acids is 1. The second-order valence-electron chi connectivity index (χ2n) is 4.89. The molecule has 1 aromatic carbocycles. The summed E-state index contributed by atoms with van der Waals surface area (Å²) < 4.78 is 0. The minimum atomic E-state index is -0.963. The van der Waals surface area contributed by atoms with Crippen molar-refractivity contribution in [2.24, 2.45) is 0 Å². The van der Waals surface area contributed by atoms with E-state index in [1.165, 1.54) is 0 Å². The Morgan fingerprint density at radius 3 is 2.76 bits per heavy atom. The molecule has 0 aliphatic heterocycles. The number of nitrogens with one attached hydrogen (secondary N) is 1. The van der Waals surface area contributed by atoms with E-state index < -0.39 is 5.97 Å². The summed E-state index contributed by atoms with van der Waals surface area (Å²) >= 11 is 0. The van der Waals surface area contributed by atoms with Crippen LogP contribution in [0, 0.1) is 6.92 Å². The van der Waals surface area contributed by atoms with Gasteiger partial charge in [0.05, 0.1) is 11.3 Å². The van der Waals surface area contributed by atoms with Crippen molar-refractivity contribution >= 4 is 17.5 Å². The zero-order valence-electron chi connectivity index (χ0n) is 12.3. The smallest absolute Gasteiger partial charge is 0.337 e. The van der Waals surface area contributed by atoms with Crippen LogP contribution in [0.3, 0.4) is 0 Å². The molecule has 110 valence electrons. The molecule has 2 aromatic rings. The van der Waals surface area contributed by atoms with Crippen molar-refractivity contribution in [2.75, 3.05) is 5.32 Å². The Morgan fingerprint density at radius 1 is 1.29 bits per heavy atom. The van der Waals surface area contributed by atoms with Crippen LogP contribution < -0.4 is 5.32 Å². The lowest BCUT2D eigenvalue weighted by molar-refractivity contribution is 0.0698. The Kier molecular flexibility index (Phi) is 4.87. The third-order valence-electron chi connectivity index (χ3n) is 3.07. The number of carboxylic acid groups (broad SMARTS) is 1. The van der Waals surface area contributed by atoms with Crippen molar-refractivity contribution in [1.82, 2.24) is 9.97 Å². The molecule has 0 radical (unpaired) electrons. The van der Waals surface area contributed by atoms with Crippen LogP contribution in [0.4, 0.5) is 11.5 Å². The number of anilines is 2. The minimum absolute atomic E-state index is 0.226. The van der Waals surface area contributed by atoms with Crippen LogP contribution in [-0.2, 0) is 6.42 Å². The average molecular weight is 285 g/mol. The molecular weight excluding hydrogens is 266 g/mol. The van der Waals surface area contributed by atoms with Gasteiger partial charge in [0.25, 0.3) is 0 Å². The Labute approximate surface area is 124 Å². The molecule has 21 heavy (non-hydrogen) atoms. The fourth-order valence-electron chi connectivity index (χ4n) is 2.06. The van der Waals surface area contributed by atoms with Crippen molar-refractivity contribution in [3.05, 3.63) is 47.4 Å². The SMILES string of the molecule is CCCCc1nc(C)cc(Nc2ccccc2C(=O)O)n1. The molecule has 0 saturated carbocycles. The molecule has 2 N–H and O–H groups in total. The lowest BCUT2D eigenvalue weighted by Gasteiger charge is -2.10. The summed E-state index contributed by atoms with van der Waals surface area (Å²) in [5.74, 6) is 0.449. The van der Waals surface area contributed by atoms with Gasteiger partial charge in [0, 0.05) is 18.2 Å². The number of hydrogen-bond acceptors (Lipinski definition) is 4. The fourth-order valence-corrected chi connectivity index (χ4v) is 2.06. The third-order valence-corrected chi connectivity index (χ3v) is 3.07. The Morgan fingerprint density at radius 2 is 2.05 bits per heavy atom. The predicted molar refractivity (Wildman–Crippen MR) is 82.1 cm³/mol. The second-order valence-corrected chi connectivity index (χ2v) is 4.89. The van der Waals surface area contributed by atoms with Gasteiger partial charge in [-0.05, 0) is 25.5 Å². The maximum absolute atomic E-state index is 11.2. The van der Waals surface area contributed by atoms with Gasteiger partial charge < -0.3 is 10.4 Å². The molecule has 0 aliphatic carbocycles. The molecule has 0 aliphatic rings. The number of aromatic carboxylic acids is 1. The maximum Gasteiger partial charge on any atom is 0.337 e. The monoisotopic (exact) mass is 285 g/mol. The highest BCUT2D eigenvalue weighted by Crippen LogP contribution is 2.20. The lowest BCUT2D eigenvalue weighted by atomic mass is 10.2. The van der Waals surface area contributed by atoms with Crippen molar-refractivity contribution < 1.29 is 9.90 Å². The summed E-state index contributed by atoms with van der Waals surface area (Å²) in [5, 5.41) is 12.3. The number of unbranched alkanes of at least 4 members (excludes halogenated alkanes) is 1. The van der Waals surface area contributed by atoms with Gasteiger partial charge >= 0.3 is 5.97 Å². The summed E-state index contributed by atoms with van der Waals surface area (Å²) in [6.07, 6.45) is 2.95. The van der Waals surface area contributed by atoms with Crippen molar-refractivity contribution in [2.45, 2.75) is 33.1 Å². The van der Waals surface area contributed by atoms with E-state index in [1.807, 2.05) is 13.0 Å². The van der Waals surface area contributed by atoms with E-state index in [1.54, 1.807) is 24.3 Å². The Balaban J connectivity index is 2.27. The quantitative estimate of drug-likeness (QED) is 0.848. The van der Waals surface area contributed by atoms with E-state index in [9.17, 15) is 9.90 Å². The molecule has 0 unspecified atom stereocenters. The van der Waals surface area contributed by atoms with E-state index in [2.05, 4.69) is 22.2 Å². The van der Waals surface area contributed by atoms with Crippen molar-refractivity contribution in [1.29, 1.82) is 0 Å². The average Bonchev–Trinajstić information content (AvgIpc) is 2.45. The normalized spacial score (nSPS) is 10.4. The second kappa shape index (κ2) is 6.83. The summed E-state index contributed by atoms with van der Waals surface area (Å²) in [5.41, 5.74) is 1.62. The van der Waals surface area contributed by atoms with E-state index in [0.717, 1.165) is 30.8 Å². The first-order valence-electron chi connectivity index (χ1n) is 7.04. The van der Waals surface area contributed by atoms with Gasteiger partial charge in [-0.1, -0.05) is 25.5 Å². The molecule has 1 aromatic heterocycles. The van der Waals surface area contributed by atoms with E-state index in [4.69, 9.17) is 0 Å². The number of carbonyl (C=O) groups is 1. The Hall–Kier alpha value is -2.43. The predicted octanol–water partition coefficient (Wildman–Crippen LogP) is 3.57. The zero-order valence-corrected chi connectivity index (χ0v) is 12.3. The van der Waals surface area contributed by atoms with Gasteiger partial charge in [-0.3, -0.25) is 0 Å². The van der Waals surface area contributed by atoms with Crippen molar-refractivity contribution in [3.8, 4) is 0 Å². The van der Waals surface area contributed by atoms with E-state index in [-0.39, 0.29) is 5.56 Å². The largest absolute Gasteiger partial charge is 0.478 e. The number of aromatic nitrogens is 2. The van der Waals surface area contributed by atoms with Gasteiger partial charge in [0.1, 0.15) is 11.6 Å². The molecule has 0 spiro atoms. The molecular formula is C16H19N3O2. The summed E-state index contributed by atoms with van der Waals surface area (Å²) in [6, 6.07) is 8.60. The number of benzene rings is 1. The maximum atomic E-state index is 11.2. The fraction of sp³-hybridized carbons (Fsp3) is 0.312. The molecule has 0 fully saturated rings. The van der Waals surface area contributed by atoms with Crippen LogP contribution in [0.2, 0.25) is 0 Å². The van der Waals surface area contributed by atoms with Gasteiger partial charge in [-0.2, -0.15) is 0 Å². The molecule has 5 heteroatoms. The zero-order chi connectivity index (χ0) is 15.2. The van der Waals surface area contributed by atoms with Crippen molar-refractivity contribution in [3.63, 3.8) is 0 Å². The van der Waals surface area contributed by atoms with Gasteiger partial charge in [-0.15, -0.1) is 0 Å². The molecule has 5 nitrogen and oxygen atoms in total. The molecule has 0 amide bonds. The molecule has 0 atom stereocenters. The van der Waals surface area contributed by atoms with Gasteiger partial charge in [0.2, 0.25) is 0 Å². The molecule has 2 rings (SSSR count). The first kappa shape index (κ1) is 15.0. The van der Waals surface area contributed by atoms with Crippen LogP contribution in [-0.4, -0.2) is 21.0 Å². The van der Waals surface area contributed by atoms with Gasteiger partial charge in [-0.25, -0.2) is 14.8 Å². The number of nitrogens with zero attached hydrogens (tertiary/aromatic N) is 2.